The summed E-state index contributed by atoms with van der Waals surface area (Å²) in [6, 6.07) is 1.73. The topological polar surface area (TPSA) is 51.2 Å². The van der Waals surface area contributed by atoms with Gasteiger partial charge < -0.3 is 4.74 Å². The number of aromatic nitrogens is 1. The van der Waals surface area contributed by atoms with E-state index in [-0.39, 0.29) is 0 Å². The molecule has 1 aromatic rings. The Kier molecular flexibility index (Phi) is 4.77. The predicted octanol–water partition coefficient (Wildman–Crippen LogP) is 3.98. The Balaban J connectivity index is 2.72. The SMILES string of the molecule is CC(C)(C)OC(=O)Nc1ncc(CBr)cc1Cl. The molecular weight excluding hydrogens is 307 g/mol. The molecule has 0 radical (unpaired) electrons. The van der Waals surface area contributed by atoms with Crippen molar-refractivity contribution in [2.45, 2.75) is 31.7 Å². The largest absolute Gasteiger partial charge is 0.444 e. The third kappa shape index (κ3) is 4.91. The van der Waals surface area contributed by atoms with Gasteiger partial charge in [0.1, 0.15) is 5.60 Å². The van der Waals surface area contributed by atoms with Crippen LogP contribution in [-0.4, -0.2) is 16.7 Å². The minimum atomic E-state index is -0.571. The van der Waals surface area contributed by atoms with Crippen molar-refractivity contribution in [2.24, 2.45) is 0 Å². The summed E-state index contributed by atoms with van der Waals surface area (Å²) in [6.45, 7) is 5.36. The predicted molar refractivity (Wildman–Crippen MR) is 71.7 cm³/mol. The molecule has 94 valence electrons. The highest BCUT2D eigenvalue weighted by atomic mass is 79.9. The van der Waals surface area contributed by atoms with E-state index in [9.17, 15) is 4.79 Å². The van der Waals surface area contributed by atoms with E-state index in [0.717, 1.165) is 5.56 Å². The Morgan fingerprint density at radius 3 is 2.71 bits per heavy atom. The van der Waals surface area contributed by atoms with Gasteiger partial charge in [0.2, 0.25) is 0 Å². The van der Waals surface area contributed by atoms with Gasteiger partial charge in [-0.3, -0.25) is 5.32 Å². The fraction of sp³-hybridized carbons (Fsp3) is 0.455. The number of carbonyl (C=O) groups is 1. The smallest absolute Gasteiger partial charge is 0.413 e. The van der Waals surface area contributed by atoms with Crippen LogP contribution in [0.3, 0.4) is 0 Å². The zero-order valence-electron chi connectivity index (χ0n) is 9.88. The van der Waals surface area contributed by atoms with Crippen molar-refractivity contribution in [3.63, 3.8) is 0 Å². The molecule has 0 saturated heterocycles. The van der Waals surface area contributed by atoms with E-state index in [2.05, 4.69) is 26.2 Å². The molecule has 1 rings (SSSR count). The maximum Gasteiger partial charge on any atom is 0.413 e. The summed E-state index contributed by atoms with van der Waals surface area (Å²) in [4.78, 5) is 15.5. The molecule has 0 atom stereocenters. The molecule has 6 heteroatoms. The number of rotatable bonds is 2. The van der Waals surface area contributed by atoms with Crippen molar-refractivity contribution in [1.82, 2.24) is 4.98 Å². The highest BCUT2D eigenvalue weighted by molar-refractivity contribution is 9.08. The third-order valence-corrected chi connectivity index (χ3v) is 2.61. The fourth-order valence-corrected chi connectivity index (χ4v) is 1.59. The van der Waals surface area contributed by atoms with Crippen LogP contribution in [0.2, 0.25) is 5.02 Å². The van der Waals surface area contributed by atoms with Crippen molar-refractivity contribution in [2.75, 3.05) is 5.32 Å². The third-order valence-electron chi connectivity index (χ3n) is 1.67. The number of nitrogens with zero attached hydrogens (tertiary/aromatic N) is 1. The van der Waals surface area contributed by atoms with Crippen LogP contribution in [0.5, 0.6) is 0 Å². The van der Waals surface area contributed by atoms with E-state index in [4.69, 9.17) is 16.3 Å². The second-order valence-electron chi connectivity index (χ2n) is 4.43. The quantitative estimate of drug-likeness (QED) is 0.838. The maximum atomic E-state index is 11.5. The molecule has 1 N–H and O–H groups in total. The lowest BCUT2D eigenvalue weighted by Gasteiger charge is -2.19. The average molecular weight is 322 g/mol. The molecule has 0 fully saturated rings. The van der Waals surface area contributed by atoms with E-state index in [1.54, 1.807) is 33.0 Å². The fourth-order valence-electron chi connectivity index (χ4n) is 1.04. The Morgan fingerprint density at radius 2 is 2.24 bits per heavy atom. The summed E-state index contributed by atoms with van der Waals surface area (Å²) < 4.78 is 5.10. The maximum absolute atomic E-state index is 11.5. The van der Waals surface area contributed by atoms with Gasteiger partial charge in [0.15, 0.2) is 5.82 Å². The zero-order valence-corrected chi connectivity index (χ0v) is 12.2. The van der Waals surface area contributed by atoms with Gasteiger partial charge in [0.05, 0.1) is 5.02 Å². The molecule has 1 amide bonds. The Hall–Kier alpha value is -0.810. The second kappa shape index (κ2) is 5.69. The summed E-state index contributed by atoms with van der Waals surface area (Å²) in [5.41, 5.74) is 0.386. The number of anilines is 1. The number of hydrogen-bond acceptors (Lipinski definition) is 3. The van der Waals surface area contributed by atoms with E-state index >= 15 is 0 Å². The molecule has 0 aliphatic carbocycles. The summed E-state index contributed by atoms with van der Waals surface area (Å²) >= 11 is 9.27. The molecule has 0 bridgehead atoms. The standard InChI is InChI=1S/C11H14BrClN2O2/c1-11(2,3)17-10(16)15-9-8(13)4-7(5-12)6-14-9/h4,6H,5H2,1-3H3,(H,14,15,16). The molecule has 0 unspecified atom stereocenters. The molecule has 0 saturated carbocycles. The van der Waals surface area contributed by atoms with Crippen LogP contribution in [0.15, 0.2) is 12.3 Å². The number of ether oxygens (including phenoxy) is 1. The van der Waals surface area contributed by atoms with Gasteiger partial charge in [-0.15, -0.1) is 0 Å². The first-order valence-electron chi connectivity index (χ1n) is 5.02. The van der Waals surface area contributed by atoms with Crippen LogP contribution in [0.4, 0.5) is 10.6 Å². The lowest BCUT2D eigenvalue weighted by molar-refractivity contribution is 0.0635. The molecule has 1 heterocycles. The average Bonchev–Trinajstić information content (AvgIpc) is 2.18. The first-order chi connectivity index (χ1) is 7.81. The molecule has 1 aromatic heterocycles. The van der Waals surface area contributed by atoms with E-state index in [1.165, 1.54) is 0 Å². The van der Waals surface area contributed by atoms with Crippen molar-refractivity contribution >= 4 is 39.4 Å². The first kappa shape index (κ1) is 14.3. The van der Waals surface area contributed by atoms with Crippen LogP contribution in [0.1, 0.15) is 26.3 Å². The lowest BCUT2D eigenvalue weighted by atomic mass is 10.2. The second-order valence-corrected chi connectivity index (χ2v) is 5.40. The Bertz CT molecular complexity index is 418. The van der Waals surface area contributed by atoms with E-state index < -0.39 is 11.7 Å². The molecule has 4 nitrogen and oxygen atoms in total. The minimum Gasteiger partial charge on any atom is -0.444 e. The molecule has 0 aliphatic heterocycles. The number of alkyl halides is 1. The summed E-state index contributed by atoms with van der Waals surface area (Å²) in [6.07, 6.45) is 1.06. The Labute approximate surface area is 114 Å². The number of carbonyl (C=O) groups excluding carboxylic acids is 1. The van der Waals surface area contributed by atoms with Gasteiger partial charge in [-0.1, -0.05) is 27.5 Å². The van der Waals surface area contributed by atoms with Crippen LogP contribution in [-0.2, 0) is 10.1 Å². The van der Waals surface area contributed by atoms with Gasteiger partial charge in [-0.25, -0.2) is 9.78 Å². The van der Waals surface area contributed by atoms with Crippen molar-refractivity contribution in [3.8, 4) is 0 Å². The van der Waals surface area contributed by atoms with Crippen LogP contribution >= 0.6 is 27.5 Å². The van der Waals surface area contributed by atoms with E-state index in [0.29, 0.717) is 16.2 Å². The number of nitrogens with one attached hydrogen (secondary N) is 1. The monoisotopic (exact) mass is 320 g/mol. The summed E-state index contributed by atoms with van der Waals surface area (Å²) in [7, 11) is 0. The Morgan fingerprint density at radius 1 is 1.59 bits per heavy atom. The molecule has 0 aliphatic rings. The van der Waals surface area contributed by atoms with Crippen molar-refractivity contribution in [3.05, 3.63) is 22.8 Å². The highest BCUT2D eigenvalue weighted by Crippen LogP contribution is 2.21. The normalized spacial score (nSPS) is 11.1. The van der Waals surface area contributed by atoms with Gasteiger partial charge in [-0.2, -0.15) is 0 Å². The van der Waals surface area contributed by atoms with Gasteiger partial charge in [-0.05, 0) is 32.4 Å². The van der Waals surface area contributed by atoms with Gasteiger partial charge >= 0.3 is 6.09 Å². The van der Waals surface area contributed by atoms with Crippen LogP contribution in [0.25, 0.3) is 0 Å². The van der Waals surface area contributed by atoms with E-state index in [1.807, 2.05) is 0 Å². The molecule has 17 heavy (non-hydrogen) atoms. The molecule has 0 spiro atoms. The van der Waals surface area contributed by atoms with Gasteiger partial charge in [0, 0.05) is 11.5 Å². The van der Waals surface area contributed by atoms with Gasteiger partial charge in [0.25, 0.3) is 0 Å². The zero-order chi connectivity index (χ0) is 13.1. The van der Waals surface area contributed by atoms with Crippen molar-refractivity contribution in [1.29, 1.82) is 0 Å². The van der Waals surface area contributed by atoms with Crippen molar-refractivity contribution < 1.29 is 9.53 Å². The number of hydrogen-bond donors (Lipinski definition) is 1. The van der Waals surface area contributed by atoms with Crippen LogP contribution in [0, 0.1) is 0 Å². The van der Waals surface area contributed by atoms with Crippen LogP contribution < -0.4 is 5.32 Å². The number of amides is 1. The highest BCUT2D eigenvalue weighted by Gasteiger charge is 2.17. The summed E-state index contributed by atoms with van der Waals surface area (Å²) in [5, 5.41) is 3.54. The number of halogens is 2. The number of pyridine rings is 1. The first-order valence-corrected chi connectivity index (χ1v) is 6.52. The molecule has 0 aromatic carbocycles. The molecular formula is C11H14BrClN2O2. The lowest BCUT2D eigenvalue weighted by Crippen LogP contribution is -2.27. The summed E-state index contributed by atoms with van der Waals surface area (Å²) in [5.74, 6) is 0.297. The minimum absolute atomic E-state index is 0.297.